The summed E-state index contributed by atoms with van der Waals surface area (Å²) in [4.78, 5) is 13.3. The van der Waals surface area contributed by atoms with Crippen LogP contribution in [0.15, 0.2) is 23.1 Å². The smallest absolute Gasteiger partial charge is 0.262 e. The van der Waals surface area contributed by atoms with Crippen LogP contribution in [0, 0.1) is 12.3 Å². The van der Waals surface area contributed by atoms with Crippen molar-refractivity contribution in [3.63, 3.8) is 0 Å². The molecule has 0 fully saturated rings. The van der Waals surface area contributed by atoms with Crippen molar-refractivity contribution < 1.29 is 13.2 Å². The summed E-state index contributed by atoms with van der Waals surface area (Å²) in [7, 11) is 1.24. The predicted octanol–water partition coefficient (Wildman–Crippen LogP) is 2.36. The van der Waals surface area contributed by atoms with E-state index < -0.39 is 15.0 Å². The van der Waals surface area contributed by atoms with Crippen LogP contribution in [0.25, 0.3) is 0 Å². The molecule has 0 bridgehead atoms. The first-order valence-corrected chi connectivity index (χ1v) is 7.97. The zero-order chi connectivity index (χ0) is 14.6. The molecule has 0 N–H and O–H groups in total. The Hall–Kier alpha value is -1.22. The number of halogens is 2. The predicted molar refractivity (Wildman–Crippen MR) is 74.9 cm³/mol. The lowest BCUT2D eigenvalue weighted by molar-refractivity contribution is 0.0781. The number of carbonyl (C=O) groups is 1. The fourth-order valence-electron chi connectivity index (χ4n) is 1.51. The molecule has 1 aromatic carbocycles. The van der Waals surface area contributed by atoms with Crippen LogP contribution in [0.3, 0.4) is 0 Å². The monoisotopic (exact) mass is 319 g/mol. The third kappa shape index (κ3) is 3.63. The molecular weight excluding hydrogens is 309 g/mol. The minimum Gasteiger partial charge on any atom is -0.328 e. The molecule has 102 valence electrons. The van der Waals surface area contributed by atoms with Crippen LogP contribution in [0.5, 0.6) is 0 Å². The van der Waals surface area contributed by atoms with E-state index in [0.29, 0.717) is 6.54 Å². The van der Waals surface area contributed by atoms with E-state index in [-0.39, 0.29) is 22.0 Å². The Kier molecular flexibility index (Phi) is 5.24. The highest BCUT2D eigenvalue weighted by Crippen LogP contribution is 2.27. The van der Waals surface area contributed by atoms with Crippen molar-refractivity contribution in [2.45, 2.75) is 11.8 Å². The fraction of sp³-hybridized carbons (Fsp3) is 0.250. The number of carbonyl (C=O) groups excluding carboxylic acids is 1. The average molecular weight is 320 g/mol. The maximum Gasteiger partial charge on any atom is 0.262 e. The van der Waals surface area contributed by atoms with Crippen molar-refractivity contribution >= 4 is 37.2 Å². The molecule has 0 saturated heterocycles. The maximum absolute atomic E-state index is 12.3. The number of hydrogen-bond donors (Lipinski definition) is 0. The zero-order valence-corrected chi connectivity index (χ0v) is 12.4. The van der Waals surface area contributed by atoms with Crippen molar-refractivity contribution in [2.24, 2.45) is 0 Å². The van der Waals surface area contributed by atoms with Gasteiger partial charge in [0.15, 0.2) is 0 Å². The fourth-order valence-corrected chi connectivity index (χ4v) is 2.89. The van der Waals surface area contributed by atoms with Gasteiger partial charge in [-0.25, -0.2) is 8.42 Å². The number of terminal acetylenes is 1. The highest BCUT2D eigenvalue weighted by atomic mass is 35.7. The Bertz CT molecular complexity index is 635. The van der Waals surface area contributed by atoms with Crippen molar-refractivity contribution in [1.82, 2.24) is 4.90 Å². The molecule has 4 nitrogen and oxygen atoms in total. The van der Waals surface area contributed by atoms with Gasteiger partial charge in [0.1, 0.15) is 0 Å². The maximum atomic E-state index is 12.3. The molecule has 0 aliphatic carbocycles. The minimum atomic E-state index is -4.07. The van der Waals surface area contributed by atoms with E-state index in [0.717, 1.165) is 0 Å². The Labute approximate surface area is 121 Å². The molecule has 19 heavy (non-hydrogen) atoms. The summed E-state index contributed by atoms with van der Waals surface area (Å²) in [5.74, 6) is 1.76. The van der Waals surface area contributed by atoms with Crippen LogP contribution in [-0.2, 0) is 9.05 Å². The standard InChI is InChI=1S/C12H11Cl2NO3S/c1-3-8-15(4-2)12(16)11-9(13)6-5-7-10(11)19(14,17)18/h1,5-7H,4,8H2,2H3. The van der Waals surface area contributed by atoms with Gasteiger partial charge >= 0.3 is 0 Å². The second kappa shape index (κ2) is 6.29. The Morgan fingerprint density at radius 1 is 1.47 bits per heavy atom. The van der Waals surface area contributed by atoms with Crippen molar-refractivity contribution in [3.8, 4) is 12.3 Å². The summed E-state index contributed by atoms with van der Waals surface area (Å²) in [6.45, 7) is 2.11. The summed E-state index contributed by atoms with van der Waals surface area (Å²) in [6.07, 6.45) is 5.16. The number of nitrogens with zero attached hydrogens (tertiary/aromatic N) is 1. The summed E-state index contributed by atoms with van der Waals surface area (Å²) >= 11 is 5.91. The van der Waals surface area contributed by atoms with Crippen LogP contribution in [0.2, 0.25) is 5.02 Å². The van der Waals surface area contributed by atoms with Crippen molar-refractivity contribution in [1.29, 1.82) is 0 Å². The lowest BCUT2D eigenvalue weighted by Crippen LogP contribution is -2.32. The largest absolute Gasteiger partial charge is 0.328 e. The molecule has 1 aromatic rings. The van der Waals surface area contributed by atoms with E-state index in [1.165, 1.54) is 23.1 Å². The normalized spacial score (nSPS) is 10.8. The minimum absolute atomic E-state index is 0.0159. The Balaban J connectivity index is 3.42. The lowest BCUT2D eigenvalue weighted by atomic mass is 10.2. The van der Waals surface area contributed by atoms with Gasteiger partial charge in [-0.05, 0) is 19.1 Å². The van der Waals surface area contributed by atoms with E-state index >= 15 is 0 Å². The molecule has 0 radical (unpaired) electrons. The summed E-state index contributed by atoms with van der Waals surface area (Å²) in [5.41, 5.74) is -0.156. The second-order valence-electron chi connectivity index (χ2n) is 3.57. The molecule has 0 saturated carbocycles. The van der Waals surface area contributed by atoms with Gasteiger partial charge in [0.05, 0.1) is 22.0 Å². The van der Waals surface area contributed by atoms with Gasteiger partial charge in [0.2, 0.25) is 0 Å². The first-order valence-electron chi connectivity index (χ1n) is 5.28. The molecule has 0 spiro atoms. The van der Waals surface area contributed by atoms with Gasteiger partial charge in [-0.15, -0.1) is 6.42 Å². The number of hydrogen-bond acceptors (Lipinski definition) is 3. The molecule has 1 rings (SSSR count). The molecule has 7 heteroatoms. The molecule has 0 aliphatic heterocycles. The first kappa shape index (κ1) is 15.8. The van der Waals surface area contributed by atoms with E-state index in [1.807, 2.05) is 0 Å². The van der Waals surface area contributed by atoms with Gasteiger partial charge in [0, 0.05) is 17.2 Å². The van der Waals surface area contributed by atoms with Crippen LogP contribution in [-0.4, -0.2) is 32.3 Å². The molecule has 0 aromatic heterocycles. The summed E-state index contributed by atoms with van der Waals surface area (Å²) in [5, 5.41) is 0.0159. The number of amides is 1. The van der Waals surface area contributed by atoms with Gasteiger partial charge in [0.25, 0.3) is 15.0 Å². The van der Waals surface area contributed by atoms with E-state index in [4.69, 9.17) is 28.7 Å². The van der Waals surface area contributed by atoms with Crippen molar-refractivity contribution in [2.75, 3.05) is 13.1 Å². The molecule has 1 amide bonds. The highest BCUT2D eigenvalue weighted by molar-refractivity contribution is 8.13. The number of benzene rings is 1. The Morgan fingerprint density at radius 3 is 2.58 bits per heavy atom. The van der Waals surface area contributed by atoms with E-state index in [2.05, 4.69) is 5.92 Å². The molecular formula is C12H11Cl2NO3S. The first-order chi connectivity index (χ1) is 8.82. The van der Waals surface area contributed by atoms with E-state index in [1.54, 1.807) is 6.92 Å². The SMILES string of the molecule is C#CCN(CC)C(=O)c1c(Cl)cccc1S(=O)(=O)Cl. The quantitative estimate of drug-likeness (QED) is 0.632. The molecule has 0 atom stereocenters. The highest BCUT2D eigenvalue weighted by Gasteiger charge is 2.26. The topological polar surface area (TPSA) is 54.5 Å². The van der Waals surface area contributed by atoms with Gasteiger partial charge in [-0.2, -0.15) is 0 Å². The zero-order valence-electron chi connectivity index (χ0n) is 10.1. The summed E-state index contributed by atoms with van der Waals surface area (Å²) < 4.78 is 22.9. The Morgan fingerprint density at radius 2 is 2.11 bits per heavy atom. The molecule has 0 heterocycles. The molecule has 0 aliphatic rings. The van der Waals surface area contributed by atoms with E-state index in [9.17, 15) is 13.2 Å². The van der Waals surface area contributed by atoms with Crippen molar-refractivity contribution in [3.05, 3.63) is 28.8 Å². The van der Waals surface area contributed by atoms with Gasteiger partial charge in [-0.3, -0.25) is 4.79 Å². The van der Waals surface area contributed by atoms with Crippen LogP contribution in [0.1, 0.15) is 17.3 Å². The van der Waals surface area contributed by atoms with Gasteiger partial charge < -0.3 is 4.90 Å². The van der Waals surface area contributed by atoms with Crippen LogP contribution < -0.4 is 0 Å². The van der Waals surface area contributed by atoms with Crippen LogP contribution >= 0.6 is 22.3 Å². The average Bonchev–Trinajstić information content (AvgIpc) is 2.33. The third-order valence-corrected chi connectivity index (χ3v) is 4.08. The van der Waals surface area contributed by atoms with Gasteiger partial charge in [-0.1, -0.05) is 23.6 Å². The second-order valence-corrected chi connectivity index (χ2v) is 6.52. The summed E-state index contributed by atoms with van der Waals surface area (Å²) in [6, 6.07) is 4.06. The third-order valence-electron chi connectivity index (χ3n) is 2.40. The molecule has 0 unspecified atom stereocenters. The number of rotatable bonds is 4. The lowest BCUT2D eigenvalue weighted by Gasteiger charge is -2.19. The van der Waals surface area contributed by atoms with Crippen LogP contribution in [0.4, 0.5) is 0 Å².